The van der Waals surface area contributed by atoms with Crippen molar-refractivity contribution in [2.24, 2.45) is 0 Å². The van der Waals surface area contributed by atoms with E-state index < -0.39 is 0 Å². The summed E-state index contributed by atoms with van der Waals surface area (Å²) in [6, 6.07) is 6.19. The lowest BCUT2D eigenvalue weighted by Gasteiger charge is -2.15. The summed E-state index contributed by atoms with van der Waals surface area (Å²) in [5, 5.41) is 3.07. The van der Waals surface area contributed by atoms with Crippen LogP contribution in [0.3, 0.4) is 0 Å². The van der Waals surface area contributed by atoms with E-state index in [2.05, 4.69) is 30.5 Å². The van der Waals surface area contributed by atoms with Gasteiger partial charge >= 0.3 is 0 Å². The van der Waals surface area contributed by atoms with E-state index in [0.717, 1.165) is 64.7 Å². The average molecular weight is 381 g/mol. The Hall–Kier alpha value is -2.40. The van der Waals surface area contributed by atoms with Gasteiger partial charge < -0.3 is 9.64 Å². The Balaban J connectivity index is 1.51. The van der Waals surface area contributed by atoms with E-state index in [1.165, 1.54) is 0 Å². The molecule has 0 unspecified atom stereocenters. The van der Waals surface area contributed by atoms with Gasteiger partial charge in [0.25, 0.3) is 0 Å². The maximum absolute atomic E-state index is 12.6. The monoisotopic (exact) mass is 380 g/mol. The highest BCUT2D eigenvalue weighted by Gasteiger charge is 2.24. The second-order valence-electron chi connectivity index (χ2n) is 6.98. The van der Waals surface area contributed by atoms with Crippen molar-refractivity contribution in [2.75, 3.05) is 19.7 Å². The molecule has 5 heteroatoms. The predicted molar refractivity (Wildman–Crippen MR) is 110 cm³/mol. The third-order valence-electron chi connectivity index (χ3n) is 5.06. The number of ether oxygens (including phenoxy) is 1. The number of hydrogen-bond donors (Lipinski definition) is 0. The number of thiazole rings is 1. The maximum Gasteiger partial charge on any atom is 0.250 e. The topological polar surface area (TPSA) is 42.4 Å². The molecule has 0 spiro atoms. The third-order valence-corrected chi connectivity index (χ3v) is 5.95. The van der Waals surface area contributed by atoms with E-state index in [1.807, 2.05) is 24.0 Å². The molecule has 1 aromatic carbocycles. The summed E-state index contributed by atoms with van der Waals surface area (Å²) >= 11 is 1.63. The van der Waals surface area contributed by atoms with Crippen LogP contribution in [-0.2, 0) is 4.79 Å². The van der Waals surface area contributed by atoms with Crippen LogP contribution in [0, 0.1) is 6.92 Å². The highest BCUT2D eigenvalue weighted by atomic mass is 32.1. The van der Waals surface area contributed by atoms with Crippen molar-refractivity contribution in [3.63, 3.8) is 0 Å². The average Bonchev–Trinajstić information content (AvgIpc) is 3.43. The summed E-state index contributed by atoms with van der Waals surface area (Å²) in [5.41, 5.74) is 5.11. The minimum Gasteiger partial charge on any atom is -0.494 e. The molecule has 1 aliphatic carbocycles. The van der Waals surface area contributed by atoms with Gasteiger partial charge in [0.15, 0.2) is 0 Å². The Kier molecular flexibility index (Phi) is 5.12. The van der Waals surface area contributed by atoms with Gasteiger partial charge in [0, 0.05) is 29.6 Å². The zero-order chi connectivity index (χ0) is 18.8. The molecule has 4 nitrogen and oxygen atoms in total. The largest absolute Gasteiger partial charge is 0.494 e. The summed E-state index contributed by atoms with van der Waals surface area (Å²) < 4.78 is 5.62. The van der Waals surface area contributed by atoms with E-state index in [4.69, 9.17) is 9.72 Å². The van der Waals surface area contributed by atoms with Gasteiger partial charge in [-0.3, -0.25) is 4.79 Å². The molecule has 140 valence electrons. The van der Waals surface area contributed by atoms with Gasteiger partial charge in [0.1, 0.15) is 10.8 Å². The Bertz CT molecular complexity index is 920. The first-order valence-corrected chi connectivity index (χ1v) is 10.4. The van der Waals surface area contributed by atoms with E-state index >= 15 is 0 Å². The molecule has 0 radical (unpaired) electrons. The molecule has 0 N–H and O–H groups in total. The van der Waals surface area contributed by atoms with E-state index in [0.29, 0.717) is 13.0 Å². The molecule has 2 aliphatic rings. The van der Waals surface area contributed by atoms with Crippen molar-refractivity contribution in [1.82, 2.24) is 9.88 Å². The minimum atomic E-state index is 0.191. The highest BCUT2D eigenvalue weighted by molar-refractivity contribution is 7.13. The van der Waals surface area contributed by atoms with Gasteiger partial charge in [0.05, 0.1) is 12.3 Å². The molecule has 0 bridgehead atoms. The lowest BCUT2D eigenvalue weighted by Crippen LogP contribution is -2.28. The predicted octanol–water partition coefficient (Wildman–Crippen LogP) is 4.85. The number of carbonyl (C=O) groups is 1. The van der Waals surface area contributed by atoms with Crippen LogP contribution in [0.25, 0.3) is 16.1 Å². The molecular formula is C22H24N2O2S. The standard InChI is InChI=1S/C22H24N2O2S/c1-3-26-20-9-8-17(12-15(20)2)21-23-19(14-27-21)16-6-7-18(13-16)22(25)24-10-4-5-11-24/h6,8-9,12-14H,3-5,7,10-11H2,1-2H3. The van der Waals surface area contributed by atoms with Crippen LogP contribution < -0.4 is 4.74 Å². The Morgan fingerprint density at radius 1 is 1.30 bits per heavy atom. The number of rotatable bonds is 5. The van der Waals surface area contributed by atoms with E-state index in [9.17, 15) is 4.79 Å². The molecule has 1 amide bonds. The first-order valence-electron chi connectivity index (χ1n) is 9.55. The summed E-state index contributed by atoms with van der Waals surface area (Å²) in [7, 11) is 0. The van der Waals surface area contributed by atoms with E-state index in [1.54, 1.807) is 11.3 Å². The fraction of sp³-hybridized carbons (Fsp3) is 0.364. The number of carbonyl (C=O) groups excluding carboxylic acids is 1. The molecule has 1 aliphatic heterocycles. The summed E-state index contributed by atoms with van der Waals surface area (Å²) in [5.74, 6) is 1.11. The quantitative estimate of drug-likeness (QED) is 0.744. The van der Waals surface area contributed by atoms with Crippen LogP contribution in [-0.4, -0.2) is 35.5 Å². The Labute approximate surface area is 164 Å². The molecule has 4 rings (SSSR count). The molecular weight excluding hydrogens is 356 g/mol. The smallest absolute Gasteiger partial charge is 0.250 e. The van der Waals surface area contributed by atoms with Crippen molar-refractivity contribution in [3.8, 4) is 16.3 Å². The normalized spacial score (nSPS) is 16.4. The second-order valence-corrected chi connectivity index (χ2v) is 7.84. The van der Waals surface area contributed by atoms with Gasteiger partial charge in [-0.05, 0) is 68.5 Å². The zero-order valence-corrected chi connectivity index (χ0v) is 16.6. The fourth-order valence-corrected chi connectivity index (χ4v) is 4.44. The summed E-state index contributed by atoms with van der Waals surface area (Å²) in [6.07, 6.45) is 7.08. The van der Waals surface area contributed by atoms with Gasteiger partial charge in [-0.1, -0.05) is 6.08 Å². The van der Waals surface area contributed by atoms with Crippen molar-refractivity contribution in [2.45, 2.75) is 33.1 Å². The number of hydrogen-bond acceptors (Lipinski definition) is 4. The number of likely N-dealkylation sites (tertiary alicyclic amines) is 1. The highest BCUT2D eigenvalue weighted by Crippen LogP contribution is 2.33. The maximum atomic E-state index is 12.6. The number of benzene rings is 1. The molecule has 27 heavy (non-hydrogen) atoms. The molecule has 2 aromatic rings. The fourth-order valence-electron chi connectivity index (χ4n) is 3.62. The number of amides is 1. The van der Waals surface area contributed by atoms with Crippen LogP contribution in [0.5, 0.6) is 5.75 Å². The lowest BCUT2D eigenvalue weighted by molar-refractivity contribution is -0.126. The SMILES string of the molecule is CCOc1ccc(-c2nc(C3=CCC(C(=O)N4CCCC4)=C3)cs2)cc1C. The first-order chi connectivity index (χ1) is 13.2. The van der Waals surface area contributed by atoms with Crippen LogP contribution in [0.4, 0.5) is 0 Å². The van der Waals surface area contributed by atoms with Crippen LogP contribution in [0.15, 0.2) is 41.3 Å². The number of aryl methyl sites for hydroxylation is 1. The summed E-state index contributed by atoms with van der Waals surface area (Å²) in [4.78, 5) is 19.3. The molecule has 1 saturated heterocycles. The lowest BCUT2D eigenvalue weighted by atomic mass is 10.1. The molecule has 1 aromatic heterocycles. The van der Waals surface area contributed by atoms with Crippen LogP contribution in [0.2, 0.25) is 0 Å². The molecule has 2 heterocycles. The number of allylic oxidation sites excluding steroid dienone is 3. The van der Waals surface area contributed by atoms with Gasteiger partial charge in [-0.2, -0.15) is 0 Å². The number of nitrogens with zero attached hydrogens (tertiary/aromatic N) is 2. The van der Waals surface area contributed by atoms with Crippen molar-refractivity contribution < 1.29 is 9.53 Å². The summed E-state index contributed by atoms with van der Waals surface area (Å²) in [6.45, 7) is 6.50. The van der Waals surface area contributed by atoms with Crippen LogP contribution in [0.1, 0.15) is 37.4 Å². The second kappa shape index (κ2) is 7.69. The van der Waals surface area contributed by atoms with Gasteiger partial charge in [-0.25, -0.2) is 4.98 Å². The van der Waals surface area contributed by atoms with E-state index in [-0.39, 0.29) is 5.91 Å². The first kappa shape index (κ1) is 18.0. The van der Waals surface area contributed by atoms with Gasteiger partial charge in [-0.15, -0.1) is 11.3 Å². The van der Waals surface area contributed by atoms with Crippen LogP contribution >= 0.6 is 11.3 Å². The minimum absolute atomic E-state index is 0.191. The van der Waals surface area contributed by atoms with Crippen molar-refractivity contribution in [3.05, 3.63) is 52.6 Å². The van der Waals surface area contributed by atoms with Crippen molar-refractivity contribution >= 4 is 22.8 Å². The van der Waals surface area contributed by atoms with Gasteiger partial charge in [0.2, 0.25) is 5.91 Å². The molecule has 1 fully saturated rings. The zero-order valence-electron chi connectivity index (χ0n) is 15.8. The Morgan fingerprint density at radius 3 is 2.85 bits per heavy atom. The number of aromatic nitrogens is 1. The molecule has 0 saturated carbocycles. The third kappa shape index (κ3) is 3.69. The molecule has 0 atom stereocenters. The van der Waals surface area contributed by atoms with Crippen molar-refractivity contribution in [1.29, 1.82) is 0 Å². The Morgan fingerprint density at radius 2 is 2.11 bits per heavy atom.